The van der Waals surface area contributed by atoms with Gasteiger partial charge in [0, 0.05) is 37.5 Å². The van der Waals surface area contributed by atoms with Crippen molar-refractivity contribution in [1.82, 2.24) is 10.1 Å². The minimum absolute atomic E-state index is 0.328. The van der Waals surface area contributed by atoms with Crippen molar-refractivity contribution in [3.63, 3.8) is 0 Å². The molecule has 1 N–H and O–H groups in total. The van der Waals surface area contributed by atoms with Gasteiger partial charge in [-0.1, -0.05) is 16.5 Å². The summed E-state index contributed by atoms with van der Waals surface area (Å²) in [6, 6.07) is 9.54. The predicted molar refractivity (Wildman–Crippen MR) is 153 cm³/mol. The Labute approximate surface area is 244 Å². The smallest absolute Gasteiger partial charge is 0.252 e. The first-order chi connectivity index (χ1) is 20.3. The molecule has 0 fully saturated rings. The number of hydrogen-bond acceptors (Lipinski definition) is 11. The van der Waals surface area contributed by atoms with E-state index < -0.39 is 23.6 Å². The topological polar surface area (TPSA) is 123 Å². The van der Waals surface area contributed by atoms with Gasteiger partial charge in [-0.25, -0.2) is 9.37 Å². The van der Waals surface area contributed by atoms with Crippen LogP contribution in [0.5, 0.6) is 17.2 Å². The largest absolute Gasteiger partial charge is 0.493 e. The minimum atomic E-state index is -1.29. The third-order valence-corrected chi connectivity index (χ3v) is 7.56. The number of nitrogens with one attached hydrogen (secondary N) is 1. The highest BCUT2D eigenvalue weighted by atomic mass is 32.1. The van der Waals surface area contributed by atoms with E-state index in [1.165, 1.54) is 59.0 Å². The van der Waals surface area contributed by atoms with Gasteiger partial charge in [-0.05, 0) is 42.5 Å². The average Bonchev–Trinajstić information content (AvgIpc) is 3.66. The van der Waals surface area contributed by atoms with Crippen LogP contribution < -0.4 is 19.5 Å². The molecular formula is C29H28FN3O8S. The lowest BCUT2D eigenvalue weighted by Crippen LogP contribution is -2.47. The molecule has 2 aromatic carbocycles. The van der Waals surface area contributed by atoms with Crippen LogP contribution >= 0.6 is 11.3 Å². The number of fused-ring (bicyclic) bond motifs is 1. The van der Waals surface area contributed by atoms with Crippen molar-refractivity contribution in [3.05, 3.63) is 66.2 Å². The number of aromatic nitrogens is 2. The van der Waals surface area contributed by atoms with Gasteiger partial charge in [0.2, 0.25) is 11.5 Å². The van der Waals surface area contributed by atoms with Gasteiger partial charge in [-0.2, -0.15) is 0 Å². The van der Waals surface area contributed by atoms with Crippen LogP contribution in [0.2, 0.25) is 0 Å². The molecule has 2 aromatic heterocycles. The van der Waals surface area contributed by atoms with Gasteiger partial charge >= 0.3 is 0 Å². The normalized spacial score (nSPS) is 15.9. The lowest BCUT2D eigenvalue weighted by atomic mass is 9.96. The summed E-state index contributed by atoms with van der Waals surface area (Å²) in [6.45, 7) is -0.339. The van der Waals surface area contributed by atoms with E-state index in [1.54, 1.807) is 42.5 Å². The molecule has 13 heteroatoms. The van der Waals surface area contributed by atoms with Crippen LogP contribution in [0.4, 0.5) is 9.52 Å². The molecule has 0 radical (unpaired) electrons. The number of anilines is 1. The number of methoxy groups -OCH3 is 5. The highest BCUT2D eigenvalue weighted by Gasteiger charge is 2.40. The zero-order valence-corrected chi connectivity index (χ0v) is 24.2. The molecule has 0 spiro atoms. The van der Waals surface area contributed by atoms with Crippen LogP contribution in [-0.2, 0) is 19.0 Å². The van der Waals surface area contributed by atoms with Crippen LogP contribution in [0.25, 0.3) is 27.0 Å². The van der Waals surface area contributed by atoms with E-state index in [-0.39, 0.29) is 6.61 Å². The lowest BCUT2D eigenvalue weighted by molar-refractivity contribution is -0.225. The third-order valence-electron chi connectivity index (χ3n) is 6.61. The third kappa shape index (κ3) is 5.72. The Bertz CT molecular complexity index is 1630. The number of rotatable bonds is 11. The van der Waals surface area contributed by atoms with Crippen molar-refractivity contribution in [2.45, 2.75) is 11.9 Å². The van der Waals surface area contributed by atoms with Gasteiger partial charge in [0.25, 0.3) is 5.91 Å². The number of ether oxygens (including phenoxy) is 6. The molecule has 0 aliphatic heterocycles. The number of amides is 1. The summed E-state index contributed by atoms with van der Waals surface area (Å²) < 4.78 is 53.4. The molecule has 1 unspecified atom stereocenters. The Morgan fingerprint density at radius 2 is 1.79 bits per heavy atom. The predicted octanol–water partition coefficient (Wildman–Crippen LogP) is 5.08. The molecule has 2 heterocycles. The molecule has 0 saturated carbocycles. The van der Waals surface area contributed by atoms with E-state index in [0.717, 1.165) is 4.70 Å². The monoisotopic (exact) mass is 597 g/mol. The fourth-order valence-electron chi connectivity index (χ4n) is 4.47. The molecule has 42 heavy (non-hydrogen) atoms. The molecule has 1 aliphatic rings. The molecule has 220 valence electrons. The number of thiazole rings is 1. The van der Waals surface area contributed by atoms with Crippen molar-refractivity contribution >= 4 is 38.2 Å². The summed E-state index contributed by atoms with van der Waals surface area (Å²) in [5.74, 6) is -0.302. The fraction of sp³-hybridized carbons (Fsp3) is 0.276. The number of benzene rings is 2. The van der Waals surface area contributed by atoms with E-state index in [2.05, 4.69) is 15.5 Å². The second kappa shape index (κ2) is 12.3. The van der Waals surface area contributed by atoms with Crippen LogP contribution in [0.3, 0.4) is 0 Å². The lowest BCUT2D eigenvalue weighted by Gasteiger charge is -2.36. The second-order valence-corrected chi connectivity index (χ2v) is 10.0. The average molecular weight is 598 g/mol. The van der Waals surface area contributed by atoms with Crippen LogP contribution in [0, 0.1) is 5.82 Å². The van der Waals surface area contributed by atoms with E-state index in [1.807, 2.05) is 0 Å². The SMILES string of the molecule is COc1cc(-c2cc(C3=CC(OCC(=O)Nc4nc5cc(F)ccc5s4)C(OC)(OC)C=C3)on2)cc(OC)c1OC. The number of nitrogens with zero attached hydrogens (tertiary/aromatic N) is 2. The van der Waals surface area contributed by atoms with Crippen molar-refractivity contribution in [2.24, 2.45) is 0 Å². The molecular weight excluding hydrogens is 569 g/mol. The van der Waals surface area contributed by atoms with Gasteiger partial charge in [0.1, 0.15) is 24.2 Å². The van der Waals surface area contributed by atoms with Gasteiger partial charge in [-0.15, -0.1) is 0 Å². The van der Waals surface area contributed by atoms with E-state index in [9.17, 15) is 9.18 Å². The first-order valence-corrected chi connectivity index (χ1v) is 13.4. The quantitative estimate of drug-likeness (QED) is 0.234. The number of carbonyl (C=O) groups excluding carboxylic acids is 1. The molecule has 1 amide bonds. The number of carbonyl (C=O) groups is 1. The molecule has 5 rings (SSSR count). The van der Waals surface area contributed by atoms with Crippen molar-refractivity contribution < 1.29 is 42.1 Å². The molecule has 1 atom stereocenters. The first-order valence-electron chi connectivity index (χ1n) is 12.6. The Balaban J connectivity index is 1.35. The summed E-state index contributed by atoms with van der Waals surface area (Å²) in [7, 11) is 7.54. The molecule has 0 saturated heterocycles. The van der Waals surface area contributed by atoms with Gasteiger partial charge < -0.3 is 32.9 Å². The maximum absolute atomic E-state index is 13.5. The van der Waals surface area contributed by atoms with Gasteiger partial charge in [0.05, 0.1) is 31.5 Å². The first kappa shape index (κ1) is 29.2. The summed E-state index contributed by atoms with van der Waals surface area (Å²) in [5, 5.41) is 7.23. The van der Waals surface area contributed by atoms with Crippen LogP contribution in [0.1, 0.15) is 5.76 Å². The standard InChI is InChI=1S/C29H28FN3O8S/c1-35-22-10-17(11-23(36-2)27(22)37-3)19-14-21(41-33-19)16-8-9-29(38-4,39-5)25(12-16)40-15-26(34)32-28-31-20-13-18(30)6-7-24(20)42-28/h6-14,25H,15H2,1-5H3,(H,31,32,34). The Kier molecular flexibility index (Phi) is 8.54. The van der Waals surface area contributed by atoms with Crippen molar-refractivity contribution in [3.8, 4) is 28.5 Å². The van der Waals surface area contributed by atoms with Crippen LogP contribution in [-0.4, -0.2) is 70.1 Å². The van der Waals surface area contributed by atoms with Crippen molar-refractivity contribution in [2.75, 3.05) is 47.5 Å². The van der Waals surface area contributed by atoms with Gasteiger partial charge in [-0.3, -0.25) is 10.1 Å². The van der Waals surface area contributed by atoms with E-state index in [4.69, 9.17) is 32.9 Å². The van der Waals surface area contributed by atoms with Crippen molar-refractivity contribution in [1.29, 1.82) is 0 Å². The molecule has 1 aliphatic carbocycles. The molecule has 11 nitrogen and oxygen atoms in total. The number of allylic oxidation sites excluding steroid dienone is 2. The fourth-order valence-corrected chi connectivity index (χ4v) is 5.33. The van der Waals surface area contributed by atoms with E-state index >= 15 is 0 Å². The summed E-state index contributed by atoms with van der Waals surface area (Å²) in [4.78, 5) is 17.0. The second-order valence-electron chi connectivity index (χ2n) is 8.99. The Morgan fingerprint density at radius 3 is 2.45 bits per heavy atom. The summed E-state index contributed by atoms with van der Waals surface area (Å²) >= 11 is 1.23. The highest BCUT2D eigenvalue weighted by molar-refractivity contribution is 7.22. The molecule has 0 bridgehead atoms. The number of hydrogen-bond donors (Lipinski definition) is 1. The highest BCUT2D eigenvalue weighted by Crippen LogP contribution is 2.41. The maximum Gasteiger partial charge on any atom is 0.252 e. The zero-order chi connectivity index (χ0) is 29.9. The summed E-state index contributed by atoms with van der Waals surface area (Å²) in [6.07, 6.45) is 4.32. The maximum atomic E-state index is 13.5. The van der Waals surface area contributed by atoms with E-state index in [0.29, 0.717) is 50.5 Å². The molecule has 4 aromatic rings. The van der Waals surface area contributed by atoms with Crippen LogP contribution in [0.15, 0.2) is 59.1 Å². The minimum Gasteiger partial charge on any atom is -0.493 e. The zero-order valence-electron chi connectivity index (χ0n) is 23.4. The van der Waals surface area contributed by atoms with Gasteiger partial charge in [0.15, 0.2) is 22.4 Å². The summed E-state index contributed by atoms with van der Waals surface area (Å²) in [5.41, 5.74) is 2.30. The Hall–Kier alpha value is -4.30. The number of halogens is 1. The Morgan fingerprint density at radius 1 is 1.05 bits per heavy atom.